The summed E-state index contributed by atoms with van der Waals surface area (Å²) in [6.07, 6.45) is 4.01. The van der Waals surface area contributed by atoms with Crippen LogP contribution >= 0.6 is 0 Å². The quantitative estimate of drug-likeness (QED) is 0.740. The summed E-state index contributed by atoms with van der Waals surface area (Å²) in [6, 6.07) is 16.9. The van der Waals surface area contributed by atoms with E-state index in [0.29, 0.717) is 25.2 Å². The summed E-state index contributed by atoms with van der Waals surface area (Å²) >= 11 is 0. The minimum atomic E-state index is -0.276. The van der Waals surface area contributed by atoms with Gasteiger partial charge in [0.05, 0.1) is 12.2 Å². The van der Waals surface area contributed by atoms with Crippen molar-refractivity contribution in [1.29, 1.82) is 0 Å². The summed E-state index contributed by atoms with van der Waals surface area (Å²) in [5.41, 5.74) is 2.97. The molecule has 1 amide bonds. The summed E-state index contributed by atoms with van der Waals surface area (Å²) in [7, 11) is 2.20. The number of carbonyl (C=O) groups excluding carboxylic acids is 1. The van der Waals surface area contributed by atoms with Gasteiger partial charge in [-0.3, -0.25) is 4.90 Å². The Morgan fingerprint density at radius 2 is 1.68 bits per heavy atom. The van der Waals surface area contributed by atoms with Crippen molar-refractivity contribution in [3.05, 3.63) is 59.7 Å². The zero-order valence-corrected chi connectivity index (χ0v) is 16.2. The van der Waals surface area contributed by atoms with Crippen LogP contribution in [0, 0.1) is 0 Å². The van der Waals surface area contributed by atoms with Gasteiger partial charge in [-0.15, -0.1) is 0 Å². The van der Waals surface area contributed by atoms with Crippen LogP contribution in [0.2, 0.25) is 0 Å². The average molecular weight is 378 g/mol. The number of rotatable bonds is 1. The highest BCUT2D eigenvalue weighted by atomic mass is 16.6. The Bertz CT molecular complexity index is 870. The molecular formula is C23H26N2O3. The molecule has 0 spiro atoms. The van der Waals surface area contributed by atoms with E-state index in [1.165, 1.54) is 12.8 Å². The molecule has 0 saturated carbocycles. The Kier molecular flexibility index (Phi) is 4.47. The van der Waals surface area contributed by atoms with E-state index in [-0.39, 0.29) is 12.2 Å². The molecule has 2 unspecified atom stereocenters. The summed E-state index contributed by atoms with van der Waals surface area (Å²) in [5.74, 6) is 0.720. The number of amides is 1. The topological polar surface area (TPSA) is 42.0 Å². The Labute approximate surface area is 165 Å². The van der Waals surface area contributed by atoms with Crippen LogP contribution in [0.1, 0.15) is 36.8 Å². The predicted molar refractivity (Wildman–Crippen MR) is 107 cm³/mol. The van der Waals surface area contributed by atoms with Gasteiger partial charge in [0.1, 0.15) is 18.5 Å². The molecule has 5 rings (SSSR count). The van der Waals surface area contributed by atoms with E-state index >= 15 is 0 Å². The predicted octanol–water partition coefficient (Wildman–Crippen LogP) is 4.35. The number of nitrogens with zero attached hydrogens (tertiary/aromatic N) is 2. The van der Waals surface area contributed by atoms with E-state index < -0.39 is 0 Å². The molecule has 3 aliphatic heterocycles. The van der Waals surface area contributed by atoms with Crippen molar-refractivity contribution in [3.63, 3.8) is 0 Å². The number of fused-ring (bicyclic) bond motifs is 4. The first-order chi connectivity index (χ1) is 13.7. The van der Waals surface area contributed by atoms with Crippen LogP contribution in [0.4, 0.5) is 10.5 Å². The number of hydrogen-bond donors (Lipinski definition) is 0. The number of para-hydroxylation sites is 2. The maximum absolute atomic E-state index is 13.3. The summed E-state index contributed by atoms with van der Waals surface area (Å²) in [4.78, 5) is 17.4. The van der Waals surface area contributed by atoms with Crippen LogP contribution in [-0.2, 0) is 17.9 Å². The van der Waals surface area contributed by atoms with Crippen LogP contribution < -0.4 is 9.64 Å². The molecule has 146 valence electrons. The monoisotopic (exact) mass is 378 g/mol. The van der Waals surface area contributed by atoms with Crippen LogP contribution in [0.3, 0.4) is 0 Å². The molecule has 0 N–H and O–H groups in total. The number of carbonyl (C=O) groups is 1. The van der Waals surface area contributed by atoms with Crippen molar-refractivity contribution in [2.45, 2.75) is 57.0 Å². The second kappa shape index (κ2) is 7.13. The molecule has 2 aromatic rings. The minimum Gasteiger partial charge on any atom is -0.487 e. The van der Waals surface area contributed by atoms with Crippen molar-refractivity contribution >= 4 is 11.8 Å². The van der Waals surface area contributed by atoms with Gasteiger partial charge in [-0.2, -0.15) is 0 Å². The Morgan fingerprint density at radius 1 is 1.00 bits per heavy atom. The van der Waals surface area contributed by atoms with Crippen molar-refractivity contribution in [2.24, 2.45) is 0 Å². The maximum Gasteiger partial charge on any atom is 0.414 e. The number of hydrogen-bond acceptors (Lipinski definition) is 4. The molecule has 0 radical (unpaired) electrons. The maximum atomic E-state index is 13.3. The lowest BCUT2D eigenvalue weighted by atomic mass is 10.0. The number of piperidine rings is 1. The molecule has 3 heterocycles. The molecule has 5 nitrogen and oxygen atoms in total. The Balaban J connectivity index is 1.41. The highest BCUT2D eigenvalue weighted by Gasteiger charge is 2.40. The SMILES string of the molecule is CN1C2CCC1CC(OC(=O)N1Cc3ccccc3COc3ccccc31)C2. The van der Waals surface area contributed by atoms with Gasteiger partial charge >= 0.3 is 6.09 Å². The zero-order valence-electron chi connectivity index (χ0n) is 16.2. The first-order valence-corrected chi connectivity index (χ1v) is 10.2. The van der Waals surface area contributed by atoms with E-state index in [9.17, 15) is 4.79 Å². The average Bonchev–Trinajstić information content (AvgIpc) is 2.90. The molecule has 5 heteroatoms. The largest absolute Gasteiger partial charge is 0.487 e. The molecule has 2 atom stereocenters. The summed E-state index contributed by atoms with van der Waals surface area (Å²) in [6.45, 7) is 1.00. The molecule has 2 saturated heterocycles. The number of benzene rings is 2. The van der Waals surface area contributed by atoms with E-state index in [1.807, 2.05) is 36.4 Å². The molecular weight excluding hydrogens is 352 g/mol. The van der Waals surface area contributed by atoms with Crippen molar-refractivity contribution in [1.82, 2.24) is 4.90 Å². The van der Waals surface area contributed by atoms with E-state index in [4.69, 9.17) is 9.47 Å². The molecule has 28 heavy (non-hydrogen) atoms. The van der Waals surface area contributed by atoms with Gasteiger partial charge in [0.25, 0.3) is 0 Å². The first-order valence-electron chi connectivity index (χ1n) is 10.2. The van der Waals surface area contributed by atoms with Gasteiger partial charge in [-0.05, 0) is 43.1 Å². The third kappa shape index (κ3) is 3.14. The summed E-state index contributed by atoms with van der Waals surface area (Å²) < 4.78 is 12.1. The fourth-order valence-corrected chi connectivity index (χ4v) is 4.89. The van der Waals surface area contributed by atoms with Crippen LogP contribution in [-0.4, -0.2) is 36.2 Å². The van der Waals surface area contributed by atoms with Crippen LogP contribution in [0.5, 0.6) is 5.75 Å². The van der Waals surface area contributed by atoms with E-state index in [0.717, 1.165) is 35.4 Å². The van der Waals surface area contributed by atoms with E-state index in [2.05, 4.69) is 24.1 Å². The lowest BCUT2D eigenvalue weighted by Crippen LogP contribution is -2.45. The molecule has 2 fully saturated rings. The van der Waals surface area contributed by atoms with Crippen molar-refractivity contribution in [2.75, 3.05) is 11.9 Å². The second-order valence-corrected chi connectivity index (χ2v) is 8.14. The third-order valence-corrected chi connectivity index (χ3v) is 6.53. The van der Waals surface area contributed by atoms with Gasteiger partial charge in [0, 0.05) is 24.9 Å². The minimum absolute atomic E-state index is 0.00466. The first kappa shape index (κ1) is 17.6. The zero-order chi connectivity index (χ0) is 19.1. The van der Waals surface area contributed by atoms with Crippen molar-refractivity contribution in [3.8, 4) is 5.75 Å². The van der Waals surface area contributed by atoms with Crippen LogP contribution in [0.25, 0.3) is 0 Å². The van der Waals surface area contributed by atoms with Crippen LogP contribution in [0.15, 0.2) is 48.5 Å². The third-order valence-electron chi connectivity index (χ3n) is 6.53. The van der Waals surface area contributed by atoms with Gasteiger partial charge < -0.3 is 14.4 Å². The molecule has 2 aromatic carbocycles. The Morgan fingerprint density at radius 3 is 2.46 bits per heavy atom. The standard InChI is InChI=1S/C23H26N2O3/c1-24-18-10-11-19(24)13-20(12-18)28-23(26)25-14-16-6-2-3-7-17(16)15-27-22-9-5-4-8-21(22)25/h2-9,18-20H,10-15H2,1H3. The second-order valence-electron chi connectivity index (χ2n) is 8.14. The molecule has 2 bridgehead atoms. The van der Waals surface area contributed by atoms with Crippen molar-refractivity contribution < 1.29 is 14.3 Å². The normalized spacial score (nSPS) is 26.5. The van der Waals surface area contributed by atoms with E-state index in [1.54, 1.807) is 4.90 Å². The highest BCUT2D eigenvalue weighted by molar-refractivity contribution is 5.90. The lowest BCUT2D eigenvalue weighted by Gasteiger charge is -2.37. The number of anilines is 1. The van der Waals surface area contributed by atoms with Gasteiger partial charge in [-0.1, -0.05) is 36.4 Å². The smallest absolute Gasteiger partial charge is 0.414 e. The Hall–Kier alpha value is -2.53. The highest BCUT2D eigenvalue weighted by Crippen LogP contribution is 2.37. The van der Waals surface area contributed by atoms with Gasteiger partial charge in [0.15, 0.2) is 0 Å². The molecule has 3 aliphatic rings. The molecule has 0 aromatic heterocycles. The van der Waals surface area contributed by atoms with Gasteiger partial charge in [0.2, 0.25) is 0 Å². The number of ether oxygens (including phenoxy) is 2. The lowest BCUT2D eigenvalue weighted by molar-refractivity contribution is 0.0313. The fraction of sp³-hybridized carbons (Fsp3) is 0.435. The summed E-state index contributed by atoms with van der Waals surface area (Å²) in [5, 5.41) is 0. The molecule has 0 aliphatic carbocycles. The van der Waals surface area contributed by atoms with Gasteiger partial charge in [-0.25, -0.2) is 4.79 Å². The fourth-order valence-electron chi connectivity index (χ4n) is 4.89.